The number of hydrogen-bond acceptors (Lipinski definition) is 5. The van der Waals surface area contributed by atoms with Gasteiger partial charge in [-0.25, -0.2) is 0 Å². The maximum Gasteiger partial charge on any atom is 0.124 e. The van der Waals surface area contributed by atoms with Crippen molar-refractivity contribution >= 4 is 5.69 Å². The lowest BCUT2D eigenvalue weighted by Gasteiger charge is -2.49. The first-order valence-corrected chi connectivity index (χ1v) is 11.2. The van der Waals surface area contributed by atoms with Gasteiger partial charge in [0.25, 0.3) is 0 Å². The molecule has 1 saturated heterocycles. The molecule has 1 aliphatic heterocycles. The van der Waals surface area contributed by atoms with E-state index in [4.69, 9.17) is 0 Å². The second kappa shape index (κ2) is 8.67. The first kappa shape index (κ1) is 21.3. The summed E-state index contributed by atoms with van der Waals surface area (Å²) >= 11 is 0. The van der Waals surface area contributed by atoms with E-state index < -0.39 is 11.3 Å². The van der Waals surface area contributed by atoms with Crippen LogP contribution in [-0.2, 0) is 18.4 Å². The number of piperidine rings is 1. The minimum atomic E-state index is -0.940. The van der Waals surface area contributed by atoms with Gasteiger partial charge in [0.1, 0.15) is 11.3 Å². The highest BCUT2D eigenvalue weighted by atomic mass is 16.3. The van der Waals surface area contributed by atoms with Gasteiger partial charge in [-0.3, -0.25) is 10.6 Å². The van der Waals surface area contributed by atoms with Gasteiger partial charge in [-0.05, 0) is 81.2 Å². The van der Waals surface area contributed by atoms with Crippen LogP contribution in [0.25, 0.3) is 0 Å². The van der Waals surface area contributed by atoms with E-state index in [-0.39, 0.29) is 5.92 Å². The largest absolute Gasteiger partial charge is 0.388 e. The molecule has 0 bridgehead atoms. The summed E-state index contributed by atoms with van der Waals surface area (Å²) in [6.07, 6.45) is 3.87. The number of likely N-dealkylation sites (tertiary alicyclic amines) is 1. The molecular formula is C25H36N4O. The van der Waals surface area contributed by atoms with Crippen molar-refractivity contribution in [2.75, 3.05) is 46.1 Å². The number of likely N-dealkylation sites (N-methyl/N-ethyl adjacent to an activating group) is 2. The van der Waals surface area contributed by atoms with E-state index in [9.17, 15) is 5.11 Å². The molecule has 0 spiro atoms. The molecule has 4 rings (SSSR count). The van der Waals surface area contributed by atoms with Crippen LogP contribution >= 0.6 is 0 Å². The Morgan fingerprint density at radius 3 is 2.33 bits per heavy atom. The van der Waals surface area contributed by atoms with Gasteiger partial charge in [0.05, 0.1) is 0 Å². The van der Waals surface area contributed by atoms with Gasteiger partial charge < -0.3 is 15.3 Å². The first-order valence-electron chi connectivity index (χ1n) is 11.2. The summed E-state index contributed by atoms with van der Waals surface area (Å²) in [7, 11) is 5.85. The third-order valence-electron chi connectivity index (χ3n) is 7.51. The number of benzene rings is 2. The maximum absolute atomic E-state index is 12.3. The molecule has 1 fully saturated rings. The number of fused-ring (bicyclic) bond motifs is 1. The Morgan fingerprint density at radius 1 is 1.00 bits per heavy atom. The number of hydrogen-bond donors (Lipinski definition) is 4. The van der Waals surface area contributed by atoms with Gasteiger partial charge >= 0.3 is 0 Å². The van der Waals surface area contributed by atoms with Crippen LogP contribution in [-0.4, -0.2) is 56.4 Å². The fraction of sp³-hybridized carbons (Fsp3) is 0.520. The zero-order valence-electron chi connectivity index (χ0n) is 18.5. The van der Waals surface area contributed by atoms with Gasteiger partial charge in [-0.15, -0.1) is 0 Å². The Morgan fingerprint density at radius 2 is 1.70 bits per heavy atom. The van der Waals surface area contributed by atoms with Crippen LogP contribution in [0.2, 0.25) is 0 Å². The Kier molecular flexibility index (Phi) is 6.16. The molecule has 2 aromatic carbocycles. The summed E-state index contributed by atoms with van der Waals surface area (Å²) in [5.41, 5.74) is 3.26. The molecule has 1 heterocycles. The van der Waals surface area contributed by atoms with Crippen molar-refractivity contribution in [2.24, 2.45) is 5.92 Å². The third-order valence-corrected chi connectivity index (χ3v) is 7.51. The van der Waals surface area contributed by atoms with Gasteiger partial charge in [0.15, 0.2) is 0 Å². The van der Waals surface area contributed by atoms with E-state index in [0.29, 0.717) is 0 Å². The van der Waals surface area contributed by atoms with Crippen LogP contribution in [0.5, 0.6) is 0 Å². The lowest BCUT2D eigenvalue weighted by Crippen LogP contribution is -2.69. The molecule has 2 aromatic rings. The summed E-state index contributed by atoms with van der Waals surface area (Å²) in [6, 6.07) is 17.1. The smallest absolute Gasteiger partial charge is 0.124 e. The Balaban J connectivity index is 1.52. The fourth-order valence-corrected chi connectivity index (χ4v) is 5.65. The second-order valence-electron chi connectivity index (χ2n) is 8.82. The maximum atomic E-state index is 12.3. The molecule has 4 N–H and O–H groups in total. The van der Waals surface area contributed by atoms with E-state index in [1.54, 1.807) is 0 Å². The van der Waals surface area contributed by atoms with Crippen LogP contribution in [0, 0.1) is 5.92 Å². The predicted octanol–water partition coefficient (Wildman–Crippen LogP) is 2.56. The number of rotatable bonds is 7. The molecule has 5 nitrogen and oxygen atoms in total. The second-order valence-corrected chi connectivity index (χ2v) is 8.82. The van der Waals surface area contributed by atoms with Crippen molar-refractivity contribution in [3.63, 3.8) is 0 Å². The first-order chi connectivity index (χ1) is 14.6. The van der Waals surface area contributed by atoms with Crippen LogP contribution in [0.15, 0.2) is 48.5 Å². The molecule has 162 valence electrons. The van der Waals surface area contributed by atoms with Crippen LogP contribution in [0.3, 0.4) is 0 Å². The number of nitrogens with zero attached hydrogens (tertiary/aromatic N) is 1. The number of anilines is 1. The van der Waals surface area contributed by atoms with E-state index in [2.05, 4.69) is 69.4 Å². The van der Waals surface area contributed by atoms with Crippen LogP contribution < -0.4 is 16.0 Å². The molecule has 30 heavy (non-hydrogen) atoms. The lowest BCUT2D eigenvalue weighted by atomic mass is 9.71. The van der Waals surface area contributed by atoms with E-state index in [1.165, 1.54) is 11.1 Å². The fourth-order valence-electron chi connectivity index (χ4n) is 5.65. The standard InChI is InChI=1S/C25H36N4O/c1-26-22-10-9-20-18-24(27-2,28-3)25(30,23(20)17-22)21-12-15-29(16-13-21)14-11-19-7-5-4-6-8-19/h4-10,17,21,26-28,30H,11-16,18H2,1-3H3. The molecule has 0 aromatic heterocycles. The highest BCUT2D eigenvalue weighted by Gasteiger charge is 2.59. The quantitative estimate of drug-likeness (QED) is 0.531. The Labute approximate surface area is 180 Å². The predicted molar refractivity (Wildman–Crippen MR) is 124 cm³/mol. The van der Waals surface area contributed by atoms with Crippen molar-refractivity contribution in [1.82, 2.24) is 15.5 Å². The van der Waals surface area contributed by atoms with Crippen molar-refractivity contribution in [1.29, 1.82) is 0 Å². The summed E-state index contributed by atoms with van der Waals surface area (Å²) < 4.78 is 0. The lowest BCUT2D eigenvalue weighted by molar-refractivity contribution is -0.118. The van der Waals surface area contributed by atoms with Crippen LogP contribution in [0.4, 0.5) is 5.69 Å². The number of aliphatic hydroxyl groups is 1. The summed E-state index contributed by atoms with van der Waals surface area (Å²) in [5.74, 6) is 0.207. The molecule has 1 unspecified atom stereocenters. The summed E-state index contributed by atoms with van der Waals surface area (Å²) in [6.45, 7) is 3.15. The van der Waals surface area contributed by atoms with E-state index >= 15 is 0 Å². The van der Waals surface area contributed by atoms with Crippen LogP contribution in [0.1, 0.15) is 29.5 Å². The average Bonchev–Trinajstić information content (AvgIpc) is 3.07. The molecule has 0 saturated carbocycles. The van der Waals surface area contributed by atoms with Gasteiger partial charge in [-0.1, -0.05) is 36.4 Å². The SMILES string of the molecule is CNc1ccc2c(c1)C(O)(C1CCN(CCc3ccccc3)CC1)C(NC)(NC)C2. The Bertz CT molecular complexity index is 843. The monoisotopic (exact) mass is 408 g/mol. The summed E-state index contributed by atoms with van der Waals surface area (Å²) in [5, 5.41) is 22.5. The van der Waals surface area contributed by atoms with Crippen molar-refractivity contribution in [2.45, 2.75) is 36.9 Å². The average molecular weight is 409 g/mol. The van der Waals surface area contributed by atoms with Gasteiger partial charge in [0, 0.05) is 25.7 Å². The molecule has 2 aliphatic rings. The van der Waals surface area contributed by atoms with Crippen molar-refractivity contribution in [3.8, 4) is 0 Å². The van der Waals surface area contributed by atoms with Crippen molar-refractivity contribution in [3.05, 3.63) is 65.2 Å². The van der Waals surface area contributed by atoms with E-state index in [0.717, 1.165) is 56.6 Å². The minimum absolute atomic E-state index is 0.207. The molecule has 1 atom stereocenters. The minimum Gasteiger partial charge on any atom is -0.388 e. The van der Waals surface area contributed by atoms with E-state index in [1.807, 2.05) is 21.1 Å². The number of nitrogens with one attached hydrogen (secondary N) is 3. The topological polar surface area (TPSA) is 59.6 Å². The normalized spacial score (nSPS) is 24.0. The zero-order valence-corrected chi connectivity index (χ0v) is 18.5. The molecule has 1 aliphatic carbocycles. The molecule has 0 radical (unpaired) electrons. The molecule has 0 amide bonds. The summed E-state index contributed by atoms with van der Waals surface area (Å²) in [4.78, 5) is 2.55. The third kappa shape index (κ3) is 3.54. The highest BCUT2D eigenvalue weighted by Crippen LogP contribution is 2.51. The Hall–Kier alpha value is -1.92. The highest BCUT2D eigenvalue weighted by molar-refractivity contribution is 5.54. The van der Waals surface area contributed by atoms with Gasteiger partial charge in [-0.2, -0.15) is 0 Å². The molecular weight excluding hydrogens is 372 g/mol. The molecule has 5 heteroatoms. The zero-order chi connectivity index (χ0) is 21.2. The van der Waals surface area contributed by atoms with Crippen molar-refractivity contribution < 1.29 is 5.11 Å². The van der Waals surface area contributed by atoms with Gasteiger partial charge in [0.2, 0.25) is 0 Å².